The van der Waals surface area contributed by atoms with E-state index in [1.54, 1.807) is 0 Å². The van der Waals surface area contributed by atoms with Crippen LogP contribution in [0.2, 0.25) is 0 Å². The van der Waals surface area contributed by atoms with Crippen LogP contribution < -0.4 is 5.73 Å². The molecule has 0 amide bonds. The molecule has 2 nitrogen and oxygen atoms in total. The van der Waals surface area contributed by atoms with Crippen LogP contribution in [0.1, 0.15) is 24.6 Å². The Balaban J connectivity index is 1.85. The fraction of sp³-hybridized carbons (Fsp3) is 0.222. The van der Waals surface area contributed by atoms with Crippen molar-refractivity contribution in [2.24, 2.45) is 11.7 Å². The predicted octanol–water partition coefficient (Wildman–Crippen LogP) is 4.51. The molecule has 0 bridgehead atoms. The van der Waals surface area contributed by atoms with Crippen molar-refractivity contribution in [3.63, 3.8) is 0 Å². The Bertz CT molecular complexity index is 740. The molecule has 100 valence electrons. The summed E-state index contributed by atoms with van der Waals surface area (Å²) < 4.78 is 6.09. The zero-order valence-electron chi connectivity index (χ0n) is 11.3. The zero-order valence-corrected chi connectivity index (χ0v) is 11.3. The minimum atomic E-state index is 0.0472. The van der Waals surface area contributed by atoms with Crippen LogP contribution >= 0.6 is 0 Å². The van der Waals surface area contributed by atoms with Gasteiger partial charge in [0.2, 0.25) is 0 Å². The molecule has 2 heteroatoms. The average Bonchev–Trinajstić information content (AvgIpc) is 3.25. The Morgan fingerprint density at radius 3 is 2.55 bits per heavy atom. The standard InChI is InChI=1S/C18H17NO/c19-17(13-9-10-13)16-11-14-7-4-8-15(18(14)20-16)12-5-2-1-3-6-12/h1-8,11,13,17H,9-10,19H2. The average molecular weight is 263 g/mol. The van der Waals surface area contributed by atoms with Crippen molar-refractivity contribution in [1.29, 1.82) is 0 Å². The molecule has 2 N–H and O–H groups in total. The van der Waals surface area contributed by atoms with E-state index in [1.165, 1.54) is 18.4 Å². The van der Waals surface area contributed by atoms with Gasteiger partial charge in [-0.15, -0.1) is 0 Å². The van der Waals surface area contributed by atoms with E-state index in [-0.39, 0.29) is 6.04 Å². The van der Waals surface area contributed by atoms with Gasteiger partial charge in [-0.1, -0.05) is 48.5 Å². The van der Waals surface area contributed by atoms with Crippen LogP contribution in [-0.4, -0.2) is 0 Å². The molecule has 1 aromatic heterocycles. The van der Waals surface area contributed by atoms with E-state index in [9.17, 15) is 0 Å². The number of rotatable bonds is 3. The second kappa shape index (κ2) is 4.50. The lowest BCUT2D eigenvalue weighted by Gasteiger charge is -2.05. The molecule has 1 atom stereocenters. The van der Waals surface area contributed by atoms with Crippen molar-refractivity contribution in [2.75, 3.05) is 0 Å². The summed E-state index contributed by atoms with van der Waals surface area (Å²) in [5.41, 5.74) is 9.52. The first-order valence-electron chi connectivity index (χ1n) is 7.16. The zero-order chi connectivity index (χ0) is 13.5. The van der Waals surface area contributed by atoms with E-state index in [1.807, 2.05) is 18.2 Å². The minimum absolute atomic E-state index is 0.0472. The second-order valence-corrected chi connectivity index (χ2v) is 5.60. The molecule has 0 spiro atoms. The van der Waals surface area contributed by atoms with Gasteiger partial charge in [0, 0.05) is 10.9 Å². The molecule has 0 aliphatic heterocycles. The molecule has 20 heavy (non-hydrogen) atoms. The normalized spacial score (nSPS) is 16.4. The van der Waals surface area contributed by atoms with E-state index in [0.29, 0.717) is 5.92 Å². The third-order valence-corrected chi connectivity index (χ3v) is 4.11. The lowest BCUT2D eigenvalue weighted by molar-refractivity contribution is 0.467. The summed E-state index contributed by atoms with van der Waals surface area (Å²) in [6, 6.07) is 18.8. The maximum atomic E-state index is 6.26. The Labute approximate surface area is 118 Å². The fourth-order valence-corrected chi connectivity index (χ4v) is 2.78. The van der Waals surface area contributed by atoms with E-state index in [2.05, 4.69) is 36.4 Å². The van der Waals surface area contributed by atoms with E-state index < -0.39 is 0 Å². The molecule has 1 fully saturated rings. The predicted molar refractivity (Wildman–Crippen MR) is 81.3 cm³/mol. The van der Waals surface area contributed by atoms with Gasteiger partial charge in [0.1, 0.15) is 11.3 Å². The highest BCUT2D eigenvalue weighted by Crippen LogP contribution is 2.41. The van der Waals surface area contributed by atoms with Crippen LogP contribution in [0.4, 0.5) is 0 Å². The van der Waals surface area contributed by atoms with Crippen LogP contribution in [0, 0.1) is 5.92 Å². The molecular weight excluding hydrogens is 246 g/mol. The molecular formula is C18H17NO. The van der Waals surface area contributed by atoms with Crippen molar-refractivity contribution in [3.05, 3.63) is 60.4 Å². The Hall–Kier alpha value is -2.06. The van der Waals surface area contributed by atoms with Crippen molar-refractivity contribution >= 4 is 11.0 Å². The van der Waals surface area contributed by atoms with Gasteiger partial charge < -0.3 is 10.2 Å². The molecule has 1 unspecified atom stereocenters. The third kappa shape index (κ3) is 1.93. The summed E-state index contributed by atoms with van der Waals surface area (Å²) in [5.74, 6) is 1.53. The molecule has 1 heterocycles. The van der Waals surface area contributed by atoms with Crippen molar-refractivity contribution in [2.45, 2.75) is 18.9 Å². The quantitative estimate of drug-likeness (QED) is 0.755. The lowest BCUT2D eigenvalue weighted by atomic mass is 10.0. The largest absolute Gasteiger partial charge is 0.459 e. The highest BCUT2D eigenvalue weighted by atomic mass is 16.3. The first-order valence-corrected chi connectivity index (χ1v) is 7.16. The highest BCUT2D eigenvalue weighted by Gasteiger charge is 2.31. The Kier molecular flexibility index (Phi) is 2.64. The molecule has 1 aliphatic carbocycles. The van der Waals surface area contributed by atoms with E-state index in [0.717, 1.165) is 22.3 Å². The van der Waals surface area contributed by atoms with Crippen LogP contribution in [-0.2, 0) is 0 Å². The molecule has 1 aliphatic rings. The first kappa shape index (κ1) is 11.7. The fourth-order valence-electron chi connectivity index (χ4n) is 2.78. The molecule has 3 aromatic rings. The second-order valence-electron chi connectivity index (χ2n) is 5.60. The van der Waals surface area contributed by atoms with Crippen molar-refractivity contribution < 1.29 is 4.42 Å². The number of hydrogen-bond acceptors (Lipinski definition) is 2. The monoisotopic (exact) mass is 263 g/mol. The molecule has 2 aromatic carbocycles. The van der Waals surface area contributed by atoms with Gasteiger partial charge in [0.25, 0.3) is 0 Å². The maximum absolute atomic E-state index is 6.26. The Morgan fingerprint density at radius 2 is 1.80 bits per heavy atom. The van der Waals surface area contributed by atoms with Crippen molar-refractivity contribution in [1.82, 2.24) is 0 Å². The number of hydrogen-bond donors (Lipinski definition) is 1. The summed E-state index contributed by atoms with van der Waals surface area (Å²) >= 11 is 0. The Morgan fingerprint density at radius 1 is 1.00 bits per heavy atom. The number of fused-ring (bicyclic) bond motifs is 1. The van der Waals surface area contributed by atoms with Gasteiger partial charge >= 0.3 is 0 Å². The smallest absolute Gasteiger partial charge is 0.142 e. The SMILES string of the molecule is NC(c1cc2cccc(-c3ccccc3)c2o1)C1CC1. The first-order chi connectivity index (χ1) is 9.83. The summed E-state index contributed by atoms with van der Waals surface area (Å²) in [5, 5.41) is 1.14. The number of furan rings is 1. The van der Waals surface area contributed by atoms with Gasteiger partial charge in [-0.2, -0.15) is 0 Å². The van der Waals surface area contributed by atoms with E-state index in [4.69, 9.17) is 10.2 Å². The molecule has 0 radical (unpaired) electrons. The summed E-state index contributed by atoms with van der Waals surface area (Å²) in [7, 11) is 0. The molecule has 4 rings (SSSR count). The molecule has 0 saturated heterocycles. The molecule has 1 saturated carbocycles. The van der Waals surface area contributed by atoms with Gasteiger partial charge in [-0.25, -0.2) is 0 Å². The minimum Gasteiger partial charge on any atom is -0.459 e. The summed E-state index contributed by atoms with van der Waals surface area (Å²) in [6.07, 6.45) is 2.45. The maximum Gasteiger partial charge on any atom is 0.142 e. The third-order valence-electron chi connectivity index (χ3n) is 4.11. The van der Waals surface area contributed by atoms with Crippen LogP contribution in [0.3, 0.4) is 0 Å². The van der Waals surface area contributed by atoms with E-state index >= 15 is 0 Å². The number of para-hydroxylation sites is 1. The van der Waals surface area contributed by atoms with Gasteiger partial charge in [-0.05, 0) is 30.4 Å². The van der Waals surface area contributed by atoms with Gasteiger partial charge in [0.05, 0.1) is 6.04 Å². The summed E-state index contributed by atoms with van der Waals surface area (Å²) in [6.45, 7) is 0. The summed E-state index contributed by atoms with van der Waals surface area (Å²) in [4.78, 5) is 0. The van der Waals surface area contributed by atoms with Crippen LogP contribution in [0.5, 0.6) is 0 Å². The van der Waals surface area contributed by atoms with Gasteiger partial charge in [0.15, 0.2) is 0 Å². The van der Waals surface area contributed by atoms with Crippen LogP contribution in [0.15, 0.2) is 59.0 Å². The lowest BCUT2D eigenvalue weighted by Crippen LogP contribution is -2.10. The number of nitrogens with two attached hydrogens (primary N) is 1. The van der Waals surface area contributed by atoms with Gasteiger partial charge in [-0.3, -0.25) is 0 Å². The van der Waals surface area contributed by atoms with Crippen molar-refractivity contribution in [3.8, 4) is 11.1 Å². The number of benzene rings is 2. The highest BCUT2D eigenvalue weighted by molar-refractivity contribution is 5.92. The topological polar surface area (TPSA) is 39.2 Å². The van der Waals surface area contributed by atoms with Crippen LogP contribution in [0.25, 0.3) is 22.1 Å².